The van der Waals surface area contributed by atoms with Gasteiger partial charge in [0.2, 0.25) is 0 Å². The van der Waals surface area contributed by atoms with E-state index in [1.807, 2.05) is 13.8 Å². The van der Waals surface area contributed by atoms with E-state index in [9.17, 15) is 13.2 Å². The first-order valence-electron chi connectivity index (χ1n) is 4.47. The van der Waals surface area contributed by atoms with Gasteiger partial charge in [0.25, 0.3) is 0 Å². The number of alkyl halides is 3. The number of halogens is 3. The first kappa shape index (κ1) is 11.9. The zero-order chi connectivity index (χ0) is 11.6. The minimum atomic E-state index is -4.45. The van der Waals surface area contributed by atoms with E-state index in [4.69, 9.17) is 5.73 Å². The second-order valence-corrected chi connectivity index (χ2v) is 3.60. The molecule has 0 saturated carbocycles. The molecule has 1 aromatic heterocycles. The molecule has 0 aromatic carbocycles. The van der Waals surface area contributed by atoms with Gasteiger partial charge in [-0.1, -0.05) is 13.8 Å². The molecular weight excluding hydrogens is 207 g/mol. The summed E-state index contributed by atoms with van der Waals surface area (Å²) >= 11 is 0. The van der Waals surface area contributed by atoms with E-state index in [0.717, 1.165) is 12.4 Å². The summed E-state index contributed by atoms with van der Waals surface area (Å²) in [4.78, 5) is 6.90. The third-order valence-electron chi connectivity index (χ3n) is 2.04. The van der Waals surface area contributed by atoms with Crippen molar-refractivity contribution in [3.63, 3.8) is 0 Å². The van der Waals surface area contributed by atoms with Crippen LogP contribution in [-0.4, -0.2) is 9.97 Å². The van der Waals surface area contributed by atoms with Gasteiger partial charge in [-0.2, -0.15) is 13.2 Å². The number of rotatable bonds is 2. The first-order chi connectivity index (χ1) is 6.82. The maximum atomic E-state index is 12.3. The van der Waals surface area contributed by atoms with Crippen LogP contribution in [0.15, 0.2) is 12.4 Å². The lowest BCUT2D eigenvalue weighted by molar-refractivity contribution is -0.141. The molecule has 6 heteroatoms. The Kier molecular flexibility index (Phi) is 3.28. The summed E-state index contributed by atoms with van der Waals surface area (Å²) in [5.74, 6) is 0.0287. The largest absolute Gasteiger partial charge is 0.433 e. The standard InChI is InChI=1S/C9H12F3N3/c1-5(2)8(13)6-3-7(9(10,11)12)15-4-14-6/h3-5,8H,13H2,1-2H3. The second kappa shape index (κ2) is 4.14. The van der Waals surface area contributed by atoms with Crippen molar-refractivity contribution < 1.29 is 13.2 Å². The Balaban J connectivity index is 3.03. The van der Waals surface area contributed by atoms with E-state index in [1.165, 1.54) is 0 Å². The van der Waals surface area contributed by atoms with Gasteiger partial charge in [0.15, 0.2) is 0 Å². The van der Waals surface area contributed by atoms with Crippen LogP contribution in [0.25, 0.3) is 0 Å². The Hall–Kier alpha value is -1.17. The van der Waals surface area contributed by atoms with E-state index >= 15 is 0 Å². The lowest BCUT2D eigenvalue weighted by Gasteiger charge is -2.15. The summed E-state index contributed by atoms with van der Waals surface area (Å²) in [6.07, 6.45) is -3.56. The SMILES string of the molecule is CC(C)C(N)c1cc(C(F)(F)F)ncn1. The van der Waals surface area contributed by atoms with Crippen molar-refractivity contribution in [2.24, 2.45) is 11.7 Å². The average Bonchev–Trinajstić information content (AvgIpc) is 2.15. The smallest absolute Gasteiger partial charge is 0.322 e. The normalized spacial score (nSPS) is 14.3. The van der Waals surface area contributed by atoms with Crippen LogP contribution >= 0.6 is 0 Å². The zero-order valence-electron chi connectivity index (χ0n) is 8.42. The highest BCUT2D eigenvalue weighted by Gasteiger charge is 2.33. The number of nitrogens with zero attached hydrogens (tertiary/aromatic N) is 2. The summed E-state index contributed by atoms with van der Waals surface area (Å²) in [6.45, 7) is 3.64. The fourth-order valence-electron chi connectivity index (χ4n) is 1.05. The van der Waals surface area contributed by atoms with Gasteiger partial charge in [0.1, 0.15) is 12.0 Å². The molecule has 0 amide bonds. The molecule has 3 nitrogen and oxygen atoms in total. The molecule has 0 spiro atoms. The van der Waals surface area contributed by atoms with Gasteiger partial charge in [0.05, 0.1) is 5.69 Å². The van der Waals surface area contributed by atoms with Crippen LogP contribution in [0, 0.1) is 5.92 Å². The Bertz CT molecular complexity index is 336. The molecule has 2 N–H and O–H groups in total. The molecule has 1 unspecified atom stereocenters. The van der Waals surface area contributed by atoms with Crippen molar-refractivity contribution in [1.82, 2.24) is 9.97 Å². The van der Waals surface area contributed by atoms with Gasteiger partial charge >= 0.3 is 6.18 Å². The first-order valence-corrected chi connectivity index (χ1v) is 4.47. The van der Waals surface area contributed by atoms with Crippen LogP contribution in [0.3, 0.4) is 0 Å². The maximum absolute atomic E-state index is 12.3. The van der Waals surface area contributed by atoms with Gasteiger partial charge < -0.3 is 5.73 Å². The molecule has 0 radical (unpaired) electrons. The highest BCUT2D eigenvalue weighted by molar-refractivity contribution is 5.14. The zero-order valence-corrected chi connectivity index (χ0v) is 8.42. The second-order valence-electron chi connectivity index (χ2n) is 3.60. The van der Waals surface area contributed by atoms with E-state index in [0.29, 0.717) is 0 Å². The van der Waals surface area contributed by atoms with Crippen molar-refractivity contribution >= 4 is 0 Å². The molecule has 0 aliphatic carbocycles. The fourth-order valence-corrected chi connectivity index (χ4v) is 1.05. The Morgan fingerprint density at radius 1 is 1.27 bits per heavy atom. The van der Waals surface area contributed by atoms with Gasteiger partial charge in [-0.3, -0.25) is 0 Å². The Morgan fingerprint density at radius 3 is 2.33 bits per heavy atom. The summed E-state index contributed by atoms with van der Waals surface area (Å²) in [6, 6.07) is 0.388. The minimum Gasteiger partial charge on any atom is -0.322 e. The van der Waals surface area contributed by atoms with Crippen LogP contribution < -0.4 is 5.73 Å². The molecule has 0 fully saturated rings. The van der Waals surface area contributed by atoms with E-state index < -0.39 is 17.9 Å². The van der Waals surface area contributed by atoms with E-state index in [-0.39, 0.29) is 11.6 Å². The fraction of sp³-hybridized carbons (Fsp3) is 0.556. The third kappa shape index (κ3) is 2.89. The molecule has 0 saturated heterocycles. The van der Waals surface area contributed by atoms with Crippen molar-refractivity contribution in [2.75, 3.05) is 0 Å². The van der Waals surface area contributed by atoms with Crippen molar-refractivity contribution in [1.29, 1.82) is 0 Å². The monoisotopic (exact) mass is 219 g/mol. The van der Waals surface area contributed by atoms with Gasteiger partial charge in [-0.25, -0.2) is 9.97 Å². The van der Waals surface area contributed by atoms with Crippen LogP contribution in [0.2, 0.25) is 0 Å². The predicted molar refractivity (Wildman–Crippen MR) is 48.8 cm³/mol. The van der Waals surface area contributed by atoms with Crippen molar-refractivity contribution in [3.8, 4) is 0 Å². The number of nitrogens with two attached hydrogens (primary N) is 1. The topological polar surface area (TPSA) is 51.8 Å². The van der Waals surface area contributed by atoms with Crippen LogP contribution in [-0.2, 0) is 6.18 Å². The molecule has 0 bridgehead atoms. The molecule has 1 rings (SSSR count). The lowest BCUT2D eigenvalue weighted by Crippen LogP contribution is -2.20. The lowest BCUT2D eigenvalue weighted by atomic mass is 10.0. The summed E-state index contributed by atoms with van der Waals surface area (Å²) in [5, 5.41) is 0. The van der Waals surface area contributed by atoms with Crippen LogP contribution in [0.5, 0.6) is 0 Å². The summed E-state index contributed by atoms with van der Waals surface area (Å²) in [5.41, 5.74) is 4.95. The Labute approximate surface area is 85.5 Å². The van der Waals surface area contributed by atoms with Gasteiger partial charge in [0, 0.05) is 6.04 Å². The third-order valence-corrected chi connectivity index (χ3v) is 2.04. The maximum Gasteiger partial charge on any atom is 0.433 e. The molecular formula is C9H12F3N3. The van der Waals surface area contributed by atoms with Crippen molar-refractivity contribution in [2.45, 2.75) is 26.1 Å². The summed E-state index contributed by atoms with van der Waals surface area (Å²) < 4.78 is 36.9. The van der Waals surface area contributed by atoms with Crippen molar-refractivity contribution in [3.05, 3.63) is 23.8 Å². The number of hydrogen-bond donors (Lipinski definition) is 1. The molecule has 0 aliphatic heterocycles. The number of aromatic nitrogens is 2. The quantitative estimate of drug-likeness (QED) is 0.829. The number of hydrogen-bond acceptors (Lipinski definition) is 3. The van der Waals surface area contributed by atoms with Crippen LogP contribution in [0.1, 0.15) is 31.3 Å². The van der Waals surface area contributed by atoms with E-state index in [1.54, 1.807) is 0 Å². The van der Waals surface area contributed by atoms with Gasteiger partial charge in [-0.15, -0.1) is 0 Å². The molecule has 1 aromatic rings. The van der Waals surface area contributed by atoms with Crippen LogP contribution in [0.4, 0.5) is 13.2 Å². The average molecular weight is 219 g/mol. The summed E-state index contributed by atoms with van der Waals surface area (Å²) in [7, 11) is 0. The van der Waals surface area contributed by atoms with Gasteiger partial charge in [-0.05, 0) is 12.0 Å². The highest BCUT2D eigenvalue weighted by Crippen LogP contribution is 2.28. The Morgan fingerprint density at radius 2 is 1.87 bits per heavy atom. The molecule has 1 heterocycles. The van der Waals surface area contributed by atoms with E-state index in [2.05, 4.69) is 9.97 Å². The molecule has 1 atom stereocenters. The molecule has 0 aliphatic rings. The molecule has 15 heavy (non-hydrogen) atoms. The minimum absolute atomic E-state index is 0.0287. The predicted octanol–water partition coefficient (Wildman–Crippen LogP) is 2.15. The highest BCUT2D eigenvalue weighted by atomic mass is 19.4. The molecule has 84 valence electrons.